The molecule has 0 saturated heterocycles. The summed E-state index contributed by atoms with van der Waals surface area (Å²) in [7, 11) is 0. The Balaban J connectivity index is 1.09. The van der Waals surface area contributed by atoms with Crippen molar-refractivity contribution in [2.75, 3.05) is 31.1 Å². The van der Waals surface area contributed by atoms with Gasteiger partial charge in [0.2, 0.25) is 0 Å². The largest absolute Gasteiger partial charge is 0.463 e. The third-order valence-electron chi connectivity index (χ3n) is 8.32. The van der Waals surface area contributed by atoms with E-state index in [1.807, 2.05) is 78.9 Å². The molecule has 3 heterocycles. The molecule has 0 radical (unpaired) electrons. The van der Waals surface area contributed by atoms with Gasteiger partial charge in [-0.3, -0.25) is 4.79 Å². The molecular formula is C40H35N5O4. The van der Waals surface area contributed by atoms with Gasteiger partial charge >= 0.3 is 5.63 Å². The minimum atomic E-state index is -0.673. The lowest BCUT2D eigenvalue weighted by molar-refractivity contribution is 0.0950. The molecule has 0 spiro atoms. The van der Waals surface area contributed by atoms with Crippen LogP contribution in [0.2, 0.25) is 0 Å². The molecule has 2 N–H and O–H groups in total. The number of carbonyl (C=O) groups excluding carboxylic acids is 1. The minimum absolute atomic E-state index is 0.0360. The van der Waals surface area contributed by atoms with Crippen molar-refractivity contribution in [3.63, 3.8) is 0 Å². The second-order valence-corrected chi connectivity index (χ2v) is 11.4. The molecule has 0 atom stereocenters. The Hall–Kier alpha value is -6.40. The van der Waals surface area contributed by atoms with E-state index in [2.05, 4.69) is 42.0 Å². The molecule has 6 rings (SSSR count). The first kappa shape index (κ1) is 32.5. The van der Waals surface area contributed by atoms with Gasteiger partial charge in [0, 0.05) is 54.6 Å². The number of nitrogens with zero attached hydrogens (tertiary/aromatic N) is 3. The Labute approximate surface area is 284 Å². The molecule has 9 nitrogen and oxygen atoms in total. The molecule has 3 aromatic heterocycles. The number of benzene rings is 3. The third-order valence-corrected chi connectivity index (χ3v) is 8.32. The first-order chi connectivity index (χ1) is 23.9. The van der Waals surface area contributed by atoms with Crippen LogP contribution in [0.4, 0.5) is 5.69 Å². The number of carbonyl (C=O) groups is 1. The molecule has 0 aliphatic carbocycles. The Morgan fingerprint density at radius 1 is 0.857 bits per heavy atom. The number of fused-ring (bicyclic) bond motifs is 1. The number of amides is 1. The maximum Gasteiger partial charge on any atom is 0.349 e. The fraction of sp³-hybridized carbons (Fsp3) is 0.150. The van der Waals surface area contributed by atoms with E-state index in [0.717, 1.165) is 46.7 Å². The molecule has 9 heteroatoms. The van der Waals surface area contributed by atoms with E-state index in [1.54, 1.807) is 24.5 Å². The van der Waals surface area contributed by atoms with E-state index in [4.69, 9.17) is 13.8 Å². The predicted octanol–water partition coefficient (Wildman–Crippen LogP) is 7.49. The summed E-state index contributed by atoms with van der Waals surface area (Å²) in [4.78, 5) is 32.5. The number of pyridine rings is 1. The van der Waals surface area contributed by atoms with Crippen molar-refractivity contribution in [3.8, 4) is 39.9 Å². The average molecular weight is 650 g/mol. The summed E-state index contributed by atoms with van der Waals surface area (Å²) in [5.74, 6) is 0.163. The summed E-state index contributed by atoms with van der Waals surface area (Å²) in [6.07, 6.45) is 1.62. The molecule has 1 amide bonds. The number of hydrogen-bond donors (Lipinski definition) is 2. The van der Waals surface area contributed by atoms with Crippen LogP contribution in [0.1, 0.15) is 35.3 Å². The third kappa shape index (κ3) is 7.29. The number of nitrogens with one attached hydrogen (secondary N) is 2. The fourth-order valence-electron chi connectivity index (χ4n) is 5.61. The highest BCUT2D eigenvalue weighted by Crippen LogP contribution is 2.31. The summed E-state index contributed by atoms with van der Waals surface area (Å²) < 4.78 is 11.2. The number of furan rings is 1. The molecular weight excluding hydrogens is 614 g/mol. The zero-order chi connectivity index (χ0) is 34.3. The van der Waals surface area contributed by atoms with Crippen molar-refractivity contribution >= 4 is 28.3 Å². The molecule has 0 fully saturated rings. The number of aromatic nitrogens is 1. The average Bonchev–Trinajstić information content (AvgIpc) is 3.69. The summed E-state index contributed by atoms with van der Waals surface area (Å²) in [6.45, 7) is 10.6. The zero-order valence-electron chi connectivity index (χ0n) is 27.3. The Morgan fingerprint density at radius 3 is 2.27 bits per heavy atom. The second-order valence-electron chi connectivity index (χ2n) is 11.4. The van der Waals surface area contributed by atoms with Gasteiger partial charge < -0.3 is 24.4 Å². The molecule has 244 valence electrons. The van der Waals surface area contributed by atoms with Crippen LogP contribution in [0.3, 0.4) is 0 Å². The Morgan fingerprint density at radius 2 is 1.57 bits per heavy atom. The smallest absolute Gasteiger partial charge is 0.349 e. The quantitative estimate of drug-likeness (QED) is 0.103. The van der Waals surface area contributed by atoms with Crippen molar-refractivity contribution in [3.05, 3.63) is 137 Å². The van der Waals surface area contributed by atoms with Gasteiger partial charge in [-0.25, -0.2) is 9.78 Å². The van der Waals surface area contributed by atoms with Crippen molar-refractivity contribution in [1.29, 1.82) is 5.26 Å². The van der Waals surface area contributed by atoms with Crippen LogP contribution in [0, 0.1) is 11.3 Å². The highest BCUT2D eigenvalue weighted by molar-refractivity contribution is 5.97. The highest BCUT2D eigenvalue weighted by atomic mass is 16.4. The number of hydrogen-bond acceptors (Lipinski definition) is 8. The van der Waals surface area contributed by atoms with Gasteiger partial charge in [-0.2, -0.15) is 5.26 Å². The number of nitriles is 1. The zero-order valence-corrected chi connectivity index (χ0v) is 27.3. The summed E-state index contributed by atoms with van der Waals surface area (Å²) in [5.41, 5.74) is 7.15. The summed E-state index contributed by atoms with van der Waals surface area (Å²) in [6, 6.07) is 32.4. The Bertz CT molecular complexity index is 2210. The van der Waals surface area contributed by atoms with Gasteiger partial charge in [-0.05, 0) is 85.1 Å². The van der Waals surface area contributed by atoms with E-state index in [-0.39, 0.29) is 12.1 Å². The number of rotatable bonds is 12. The molecule has 0 saturated carbocycles. The van der Waals surface area contributed by atoms with Gasteiger partial charge in [0.1, 0.15) is 16.8 Å². The minimum Gasteiger partial charge on any atom is -0.463 e. The second kappa shape index (κ2) is 14.6. The maximum absolute atomic E-state index is 12.9. The monoisotopic (exact) mass is 649 g/mol. The Kier molecular flexibility index (Phi) is 9.68. The lowest BCUT2D eigenvalue weighted by Gasteiger charge is -2.21. The molecule has 3 aromatic carbocycles. The lowest BCUT2D eigenvalue weighted by atomic mass is 9.99. The van der Waals surface area contributed by atoms with Crippen LogP contribution in [-0.4, -0.2) is 37.1 Å². The van der Waals surface area contributed by atoms with Crippen LogP contribution in [0.15, 0.2) is 124 Å². The van der Waals surface area contributed by atoms with E-state index >= 15 is 0 Å². The van der Waals surface area contributed by atoms with Crippen LogP contribution >= 0.6 is 0 Å². The van der Waals surface area contributed by atoms with E-state index in [9.17, 15) is 14.9 Å². The molecule has 6 aromatic rings. The summed E-state index contributed by atoms with van der Waals surface area (Å²) in [5, 5.41) is 15.9. The normalized spacial score (nSPS) is 10.8. The van der Waals surface area contributed by atoms with E-state index < -0.39 is 11.5 Å². The van der Waals surface area contributed by atoms with Crippen molar-refractivity contribution in [2.24, 2.45) is 0 Å². The van der Waals surface area contributed by atoms with Crippen LogP contribution in [0.5, 0.6) is 0 Å². The van der Waals surface area contributed by atoms with Gasteiger partial charge in [-0.15, -0.1) is 0 Å². The highest BCUT2D eigenvalue weighted by Gasteiger charge is 2.15. The summed E-state index contributed by atoms with van der Waals surface area (Å²) >= 11 is 0. The van der Waals surface area contributed by atoms with Crippen LogP contribution < -0.4 is 21.2 Å². The predicted molar refractivity (Wildman–Crippen MR) is 193 cm³/mol. The van der Waals surface area contributed by atoms with Gasteiger partial charge in [0.25, 0.3) is 5.91 Å². The molecule has 0 aliphatic heterocycles. The van der Waals surface area contributed by atoms with Gasteiger partial charge in [0.15, 0.2) is 5.76 Å². The van der Waals surface area contributed by atoms with Gasteiger partial charge in [0.05, 0.1) is 23.6 Å². The van der Waals surface area contributed by atoms with Crippen LogP contribution in [0.25, 0.3) is 50.5 Å². The first-order valence-electron chi connectivity index (χ1n) is 16.1. The number of anilines is 1. The lowest BCUT2D eigenvalue weighted by Crippen LogP contribution is -2.33. The molecule has 0 aliphatic rings. The molecule has 0 unspecified atom stereocenters. The van der Waals surface area contributed by atoms with Crippen molar-refractivity contribution in [1.82, 2.24) is 15.6 Å². The molecule has 0 bridgehead atoms. The maximum atomic E-state index is 12.9. The van der Waals surface area contributed by atoms with Crippen molar-refractivity contribution in [2.45, 2.75) is 13.8 Å². The molecule has 49 heavy (non-hydrogen) atoms. The first-order valence-corrected chi connectivity index (χ1v) is 16.1. The van der Waals surface area contributed by atoms with E-state index in [1.165, 1.54) is 0 Å². The topological polar surface area (TPSA) is 124 Å². The van der Waals surface area contributed by atoms with E-state index in [0.29, 0.717) is 40.2 Å². The van der Waals surface area contributed by atoms with Crippen molar-refractivity contribution < 1.29 is 13.6 Å². The van der Waals surface area contributed by atoms with Crippen LogP contribution in [-0.2, 0) is 0 Å². The van der Waals surface area contributed by atoms with Gasteiger partial charge in [-0.1, -0.05) is 43.0 Å². The fourth-order valence-corrected chi connectivity index (χ4v) is 5.61. The standard InChI is InChI=1S/C40H35N5O4/c1-4-45(5-2)33-17-16-31-21-34(40(47)49-38(31)24-33)39(46)43-19-18-42-26(3)28-12-14-29(15-13-28)32-22-35(30-10-8-27(25-41)9-11-30)44-36(23-32)37-7-6-20-48-37/h6-17,20-24,42H,3-5,18-19H2,1-2H3,(H,43,46). The SMILES string of the molecule is C=C(NCCNC(=O)c1cc2ccc(N(CC)CC)cc2oc1=O)c1ccc(-c2cc(-c3ccc(C#N)cc3)nc(-c3ccco3)c2)cc1.